The topological polar surface area (TPSA) is 75.7 Å². The number of benzene rings is 2. The van der Waals surface area contributed by atoms with Gasteiger partial charge in [0.25, 0.3) is 0 Å². The zero-order valence-corrected chi connectivity index (χ0v) is 17.1. The number of carbonyl (C=O) groups excluding carboxylic acids is 1. The van der Waals surface area contributed by atoms with Crippen molar-refractivity contribution in [1.29, 1.82) is 0 Å². The molecule has 0 atom stereocenters. The maximum atomic E-state index is 12.7. The van der Waals surface area contributed by atoms with Crippen molar-refractivity contribution in [3.63, 3.8) is 0 Å². The van der Waals surface area contributed by atoms with Crippen molar-refractivity contribution in [2.75, 3.05) is 25.5 Å². The number of nitrogens with zero attached hydrogens (tertiary/aromatic N) is 1. The summed E-state index contributed by atoms with van der Waals surface area (Å²) in [6, 6.07) is 11.6. The van der Waals surface area contributed by atoms with E-state index in [9.17, 15) is 13.2 Å². The average molecular weight is 411 g/mol. The Balaban J connectivity index is 2.21. The zero-order chi connectivity index (χ0) is 20.0. The molecule has 27 heavy (non-hydrogen) atoms. The van der Waals surface area contributed by atoms with E-state index >= 15 is 0 Å². The van der Waals surface area contributed by atoms with Crippen LogP contribution < -0.4 is 10.1 Å². The fourth-order valence-corrected chi connectivity index (χ4v) is 4.61. The molecule has 2 aromatic carbocycles. The van der Waals surface area contributed by atoms with Crippen LogP contribution in [0.2, 0.25) is 5.02 Å². The van der Waals surface area contributed by atoms with E-state index < -0.39 is 10.0 Å². The van der Waals surface area contributed by atoms with Crippen molar-refractivity contribution in [3.05, 3.63) is 53.1 Å². The van der Waals surface area contributed by atoms with E-state index in [2.05, 4.69) is 5.32 Å². The Hall–Kier alpha value is -2.09. The van der Waals surface area contributed by atoms with E-state index in [1.807, 2.05) is 6.07 Å². The van der Waals surface area contributed by atoms with Crippen molar-refractivity contribution < 1.29 is 17.9 Å². The van der Waals surface area contributed by atoms with Crippen LogP contribution in [-0.4, -0.2) is 38.8 Å². The van der Waals surface area contributed by atoms with E-state index in [0.717, 1.165) is 5.56 Å². The summed E-state index contributed by atoms with van der Waals surface area (Å²) in [5, 5.41) is 2.84. The highest BCUT2D eigenvalue weighted by molar-refractivity contribution is 7.89. The molecule has 0 aliphatic heterocycles. The normalized spacial score (nSPS) is 11.4. The molecule has 0 aliphatic rings. The fraction of sp³-hybridized carbons (Fsp3) is 0.316. The first-order valence-corrected chi connectivity index (χ1v) is 10.4. The van der Waals surface area contributed by atoms with E-state index in [4.69, 9.17) is 16.3 Å². The van der Waals surface area contributed by atoms with Gasteiger partial charge in [-0.05, 0) is 35.9 Å². The van der Waals surface area contributed by atoms with Crippen molar-refractivity contribution in [2.45, 2.75) is 25.2 Å². The molecule has 146 valence electrons. The van der Waals surface area contributed by atoms with E-state index in [1.165, 1.54) is 16.4 Å². The van der Waals surface area contributed by atoms with Gasteiger partial charge in [0.05, 0.1) is 18.6 Å². The summed E-state index contributed by atoms with van der Waals surface area (Å²) in [6.07, 6.45) is 0.137. The highest BCUT2D eigenvalue weighted by Crippen LogP contribution is 2.28. The summed E-state index contributed by atoms with van der Waals surface area (Å²) >= 11 is 6.11. The van der Waals surface area contributed by atoms with Gasteiger partial charge in [0.1, 0.15) is 10.6 Å². The lowest BCUT2D eigenvalue weighted by Crippen LogP contribution is -2.30. The molecular formula is C19H23ClN2O4S. The van der Waals surface area contributed by atoms with Gasteiger partial charge in [0.2, 0.25) is 15.9 Å². The number of methoxy groups -OCH3 is 1. The summed E-state index contributed by atoms with van der Waals surface area (Å²) < 4.78 is 31.9. The van der Waals surface area contributed by atoms with Gasteiger partial charge in [-0.2, -0.15) is 4.31 Å². The fourth-order valence-electron chi connectivity index (χ4n) is 2.65. The molecule has 0 radical (unpaired) electrons. The molecule has 0 fully saturated rings. The number of sulfonamides is 1. The highest BCUT2D eigenvalue weighted by atomic mass is 35.5. The third-order valence-corrected chi connectivity index (χ3v) is 6.57. The molecule has 6 nitrogen and oxygen atoms in total. The van der Waals surface area contributed by atoms with Gasteiger partial charge in [0, 0.05) is 18.8 Å². The van der Waals surface area contributed by atoms with Crippen LogP contribution in [-0.2, 0) is 21.2 Å². The van der Waals surface area contributed by atoms with Gasteiger partial charge in [-0.15, -0.1) is 0 Å². The third kappa shape index (κ3) is 5.22. The Morgan fingerprint density at radius 2 is 1.85 bits per heavy atom. The molecule has 0 saturated carbocycles. The van der Waals surface area contributed by atoms with Crippen molar-refractivity contribution in [1.82, 2.24) is 4.31 Å². The third-order valence-electron chi connectivity index (χ3n) is 4.04. The lowest BCUT2D eigenvalue weighted by atomic mass is 10.1. The van der Waals surface area contributed by atoms with Crippen LogP contribution in [0.15, 0.2) is 47.4 Å². The van der Waals surface area contributed by atoms with Crippen LogP contribution in [0.1, 0.15) is 19.4 Å². The van der Waals surface area contributed by atoms with Crippen LogP contribution in [0.5, 0.6) is 5.75 Å². The first-order valence-electron chi connectivity index (χ1n) is 8.54. The molecule has 0 unspecified atom stereocenters. The Labute approximate surface area is 165 Å². The van der Waals surface area contributed by atoms with Crippen LogP contribution in [0, 0.1) is 0 Å². The smallest absolute Gasteiger partial charge is 0.244 e. The molecule has 0 heterocycles. The molecule has 1 N–H and O–H groups in total. The van der Waals surface area contributed by atoms with Gasteiger partial charge in [-0.25, -0.2) is 8.42 Å². The van der Waals surface area contributed by atoms with E-state index in [1.54, 1.807) is 45.2 Å². The Morgan fingerprint density at radius 3 is 2.48 bits per heavy atom. The Morgan fingerprint density at radius 1 is 1.15 bits per heavy atom. The Bertz CT molecular complexity index is 912. The van der Waals surface area contributed by atoms with Crippen molar-refractivity contribution in [2.24, 2.45) is 0 Å². The summed E-state index contributed by atoms with van der Waals surface area (Å²) in [5.41, 5.74) is 1.16. The van der Waals surface area contributed by atoms with Crippen LogP contribution in [0.4, 0.5) is 5.69 Å². The SMILES string of the molecule is CCN(CC)S(=O)(=O)c1cc(NC(=O)Cc2cccc(OC)c2)ccc1Cl. The van der Waals surface area contributed by atoms with E-state index in [0.29, 0.717) is 24.5 Å². The molecule has 8 heteroatoms. The quantitative estimate of drug-likeness (QED) is 0.721. The number of carbonyl (C=O) groups is 1. The van der Waals surface area contributed by atoms with Crippen molar-refractivity contribution in [3.8, 4) is 5.75 Å². The average Bonchev–Trinajstić information content (AvgIpc) is 2.64. The monoisotopic (exact) mass is 410 g/mol. The number of amides is 1. The Kier molecular flexibility index (Phi) is 7.24. The predicted molar refractivity (Wildman–Crippen MR) is 107 cm³/mol. The number of hydrogen-bond acceptors (Lipinski definition) is 4. The first-order chi connectivity index (χ1) is 12.8. The highest BCUT2D eigenvalue weighted by Gasteiger charge is 2.25. The maximum Gasteiger partial charge on any atom is 0.244 e. The molecule has 1 amide bonds. The zero-order valence-electron chi connectivity index (χ0n) is 15.5. The first kappa shape index (κ1) is 21.2. The lowest BCUT2D eigenvalue weighted by molar-refractivity contribution is -0.115. The summed E-state index contributed by atoms with van der Waals surface area (Å²) in [5.74, 6) is 0.399. The molecule has 2 aromatic rings. The minimum atomic E-state index is -3.72. The second kappa shape index (κ2) is 9.21. The molecule has 0 spiro atoms. The van der Waals surface area contributed by atoms with Gasteiger partial charge < -0.3 is 10.1 Å². The molecular weight excluding hydrogens is 388 g/mol. The van der Waals surface area contributed by atoms with Crippen molar-refractivity contribution >= 4 is 33.2 Å². The maximum absolute atomic E-state index is 12.7. The molecule has 0 saturated heterocycles. The second-order valence-corrected chi connectivity index (χ2v) is 8.12. The standard InChI is InChI=1S/C19H23ClN2O4S/c1-4-22(5-2)27(24,25)18-13-15(9-10-17(18)20)21-19(23)12-14-7-6-8-16(11-14)26-3/h6-11,13H,4-5,12H2,1-3H3,(H,21,23). The summed E-state index contributed by atoms with van der Waals surface area (Å²) in [4.78, 5) is 12.3. The lowest BCUT2D eigenvalue weighted by Gasteiger charge is -2.19. The summed E-state index contributed by atoms with van der Waals surface area (Å²) in [7, 11) is -2.16. The van der Waals surface area contributed by atoms with E-state index in [-0.39, 0.29) is 22.2 Å². The molecule has 0 aliphatic carbocycles. The molecule has 2 rings (SSSR count). The minimum absolute atomic E-state index is 0.0213. The number of ether oxygens (including phenoxy) is 1. The van der Waals surface area contributed by atoms with Crippen LogP contribution in [0.3, 0.4) is 0 Å². The van der Waals surface area contributed by atoms with Crippen LogP contribution >= 0.6 is 11.6 Å². The summed E-state index contributed by atoms with van der Waals surface area (Å²) in [6.45, 7) is 4.19. The van der Waals surface area contributed by atoms with Gasteiger partial charge in [0.15, 0.2) is 0 Å². The minimum Gasteiger partial charge on any atom is -0.497 e. The number of rotatable bonds is 8. The van der Waals surface area contributed by atoms with Gasteiger partial charge >= 0.3 is 0 Å². The number of nitrogens with one attached hydrogen (secondary N) is 1. The molecule has 0 aromatic heterocycles. The number of hydrogen-bond donors (Lipinski definition) is 1. The predicted octanol–water partition coefficient (Wildman–Crippen LogP) is 3.56. The second-order valence-electron chi connectivity index (χ2n) is 5.81. The molecule has 0 bridgehead atoms. The largest absolute Gasteiger partial charge is 0.497 e. The van der Waals surface area contributed by atoms with Crippen LogP contribution in [0.25, 0.3) is 0 Å². The van der Waals surface area contributed by atoms with Gasteiger partial charge in [-0.3, -0.25) is 4.79 Å². The van der Waals surface area contributed by atoms with Gasteiger partial charge in [-0.1, -0.05) is 37.6 Å². The number of halogens is 1. The number of anilines is 1.